The zero-order valence-corrected chi connectivity index (χ0v) is 8.68. The molecule has 0 aliphatic rings. The second kappa shape index (κ2) is 3.50. The lowest BCUT2D eigenvalue weighted by Crippen LogP contribution is -1.92. The summed E-state index contributed by atoms with van der Waals surface area (Å²) in [7, 11) is 0. The standard InChI is InChI=1S/C8H13NS2/c1-5(2)6-4-11-8(10-3)7(6)9/h4-5H,9H2,1-3H3. The summed E-state index contributed by atoms with van der Waals surface area (Å²) in [4.78, 5) is 0. The van der Waals surface area contributed by atoms with Crippen molar-refractivity contribution in [1.29, 1.82) is 0 Å². The highest BCUT2D eigenvalue weighted by atomic mass is 32.2. The number of thiophene rings is 1. The Bertz CT molecular complexity index is 240. The molecule has 0 saturated heterocycles. The fourth-order valence-electron chi connectivity index (χ4n) is 0.967. The topological polar surface area (TPSA) is 26.0 Å². The van der Waals surface area contributed by atoms with Crippen molar-refractivity contribution in [1.82, 2.24) is 0 Å². The Morgan fingerprint density at radius 1 is 1.55 bits per heavy atom. The van der Waals surface area contributed by atoms with Gasteiger partial charge in [-0.05, 0) is 23.1 Å². The van der Waals surface area contributed by atoms with Crippen LogP contribution in [0.2, 0.25) is 0 Å². The molecule has 0 unspecified atom stereocenters. The fraction of sp³-hybridized carbons (Fsp3) is 0.500. The van der Waals surface area contributed by atoms with Crippen molar-refractivity contribution in [3.8, 4) is 0 Å². The number of nitrogens with two attached hydrogens (primary N) is 1. The van der Waals surface area contributed by atoms with Crippen molar-refractivity contribution in [3.63, 3.8) is 0 Å². The molecular weight excluding hydrogens is 174 g/mol. The lowest BCUT2D eigenvalue weighted by molar-refractivity contribution is 0.874. The molecule has 62 valence electrons. The largest absolute Gasteiger partial charge is 0.397 e. The molecule has 0 aromatic carbocycles. The van der Waals surface area contributed by atoms with Crippen molar-refractivity contribution in [3.05, 3.63) is 10.9 Å². The van der Waals surface area contributed by atoms with Gasteiger partial charge in [0.1, 0.15) is 0 Å². The first kappa shape index (κ1) is 8.94. The fourth-order valence-corrected chi connectivity index (χ4v) is 2.71. The zero-order valence-electron chi connectivity index (χ0n) is 7.05. The van der Waals surface area contributed by atoms with Crippen molar-refractivity contribution < 1.29 is 0 Å². The van der Waals surface area contributed by atoms with E-state index in [1.54, 1.807) is 23.1 Å². The van der Waals surface area contributed by atoms with Gasteiger partial charge >= 0.3 is 0 Å². The molecule has 0 radical (unpaired) electrons. The van der Waals surface area contributed by atoms with E-state index < -0.39 is 0 Å². The summed E-state index contributed by atoms with van der Waals surface area (Å²) in [5.74, 6) is 0.548. The summed E-state index contributed by atoms with van der Waals surface area (Å²) in [6.45, 7) is 4.34. The van der Waals surface area contributed by atoms with Gasteiger partial charge in [0, 0.05) is 0 Å². The van der Waals surface area contributed by atoms with Gasteiger partial charge in [0.25, 0.3) is 0 Å². The number of hydrogen-bond acceptors (Lipinski definition) is 3. The molecule has 0 aliphatic carbocycles. The van der Waals surface area contributed by atoms with Crippen LogP contribution in [0.3, 0.4) is 0 Å². The molecule has 1 heterocycles. The maximum atomic E-state index is 5.90. The summed E-state index contributed by atoms with van der Waals surface area (Å²) in [6, 6.07) is 0. The second-order valence-electron chi connectivity index (χ2n) is 2.75. The first-order valence-electron chi connectivity index (χ1n) is 3.57. The maximum absolute atomic E-state index is 5.90. The highest BCUT2D eigenvalue weighted by Gasteiger charge is 2.09. The van der Waals surface area contributed by atoms with E-state index in [-0.39, 0.29) is 0 Å². The molecular formula is C8H13NS2. The summed E-state index contributed by atoms with van der Waals surface area (Å²) < 4.78 is 1.24. The Kier molecular flexibility index (Phi) is 2.84. The molecule has 2 N–H and O–H groups in total. The summed E-state index contributed by atoms with van der Waals surface area (Å²) in [5, 5.41) is 2.16. The van der Waals surface area contributed by atoms with Crippen molar-refractivity contribution in [2.75, 3.05) is 12.0 Å². The number of hydrogen-bond donors (Lipinski definition) is 1. The maximum Gasteiger partial charge on any atom is 0.0828 e. The Balaban J connectivity index is 3.00. The van der Waals surface area contributed by atoms with Crippen molar-refractivity contribution >= 4 is 28.8 Å². The Morgan fingerprint density at radius 3 is 2.45 bits per heavy atom. The quantitative estimate of drug-likeness (QED) is 0.720. The van der Waals surface area contributed by atoms with Crippen LogP contribution in [0.4, 0.5) is 5.69 Å². The van der Waals surface area contributed by atoms with Crippen LogP contribution in [0.5, 0.6) is 0 Å². The third-order valence-electron chi connectivity index (χ3n) is 1.63. The monoisotopic (exact) mass is 187 g/mol. The predicted octanol–water partition coefficient (Wildman–Crippen LogP) is 3.18. The van der Waals surface area contributed by atoms with E-state index in [2.05, 4.69) is 25.5 Å². The average molecular weight is 187 g/mol. The van der Waals surface area contributed by atoms with Gasteiger partial charge in [0.15, 0.2) is 0 Å². The third kappa shape index (κ3) is 1.71. The minimum Gasteiger partial charge on any atom is -0.397 e. The lowest BCUT2D eigenvalue weighted by Gasteiger charge is -2.02. The van der Waals surface area contributed by atoms with E-state index in [0.717, 1.165) is 5.69 Å². The minimum atomic E-state index is 0.548. The number of anilines is 1. The normalized spacial score (nSPS) is 10.9. The SMILES string of the molecule is CSc1scc(C(C)C)c1N. The second-order valence-corrected chi connectivity index (χ2v) is 4.71. The molecule has 1 nitrogen and oxygen atoms in total. The van der Waals surface area contributed by atoms with Crippen molar-refractivity contribution in [2.24, 2.45) is 0 Å². The van der Waals surface area contributed by atoms with Gasteiger partial charge in [0.05, 0.1) is 9.90 Å². The number of thioether (sulfide) groups is 1. The molecule has 0 aliphatic heterocycles. The molecule has 0 atom stereocenters. The molecule has 11 heavy (non-hydrogen) atoms. The predicted molar refractivity (Wildman–Crippen MR) is 54.6 cm³/mol. The summed E-state index contributed by atoms with van der Waals surface area (Å²) in [5.41, 5.74) is 8.18. The van der Waals surface area contributed by atoms with Crippen LogP contribution >= 0.6 is 23.1 Å². The first-order chi connectivity index (χ1) is 5.16. The van der Waals surface area contributed by atoms with Crippen LogP contribution in [0.15, 0.2) is 9.59 Å². The van der Waals surface area contributed by atoms with E-state index in [1.165, 1.54) is 9.77 Å². The van der Waals surface area contributed by atoms with Gasteiger partial charge in [-0.15, -0.1) is 23.1 Å². The van der Waals surface area contributed by atoms with Crippen LogP contribution < -0.4 is 5.73 Å². The molecule has 0 spiro atoms. The van der Waals surface area contributed by atoms with E-state index in [0.29, 0.717) is 5.92 Å². The zero-order chi connectivity index (χ0) is 8.43. The molecule has 1 rings (SSSR count). The Morgan fingerprint density at radius 2 is 2.18 bits per heavy atom. The van der Waals surface area contributed by atoms with E-state index >= 15 is 0 Å². The molecule has 0 amide bonds. The number of nitrogen functional groups attached to an aromatic ring is 1. The Hall–Kier alpha value is -0.150. The van der Waals surface area contributed by atoms with Crippen LogP contribution in [0.1, 0.15) is 25.3 Å². The Labute approximate surface area is 76.0 Å². The van der Waals surface area contributed by atoms with E-state index in [1.807, 2.05) is 0 Å². The van der Waals surface area contributed by atoms with Crippen LogP contribution in [-0.2, 0) is 0 Å². The number of rotatable bonds is 2. The van der Waals surface area contributed by atoms with Crippen LogP contribution in [-0.4, -0.2) is 6.26 Å². The van der Waals surface area contributed by atoms with Crippen molar-refractivity contribution in [2.45, 2.75) is 24.0 Å². The van der Waals surface area contributed by atoms with E-state index in [4.69, 9.17) is 5.73 Å². The molecule has 1 aromatic rings. The van der Waals surface area contributed by atoms with Gasteiger partial charge in [-0.3, -0.25) is 0 Å². The lowest BCUT2D eigenvalue weighted by atomic mass is 10.1. The molecule has 0 fully saturated rings. The van der Waals surface area contributed by atoms with Gasteiger partial charge in [0.2, 0.25) is 0 Å². The van der Waals surface area contributed by atoms with Crippen LogP contribution in [0, 0.1) is 0 Å². The minimum absolute atomic E-state index is 0.548. The average Bonchev–Trinajstić information content (AvgIpc) is 2.30. The third-order valence-corrected chi connectivity index (χ3v) is 3.82. The van der Waals surface area contributed by atoms with E-state index in [9.17, 15) is 0 Å². The highest BCUT2D eigenvalue weighted by Crippen LogP contribution is 2.36. The van der Waals surface area contributed by atoms with Crippen LogP contribution in [0.25, 0.3) is 0 Å². The van der Waals surface area contributed by atoms with Gasteiger partial charge in [-0.2, -0.15) is 0 Å². The first-order valence-corrected chi connectivity index (χ1v) is 5.68. The highest BCUT2D eigenvalue weighted by molar-refractivity contribution is 8.00. The summed E-state index contributed by atoms with van der Waals surface area (Å²) >= 11 is 3.47. The van der Waals surface area contributed by atoms with Gasteiger partial charge in [-0.25, -0.2) is 0 Å². The molecule has 3 heteroatoms. The molecule has 1 aromatic heterocycles. The molecule has 0 saturated carbocycles. The van der Waals surface area contributed by atoms with Gasteiger partial charge < -0.3 is 5.73 Å². The summed E-state index contributed by atoms with van der Waals surface area (Å²) in [6.07, 6.45) is 2.06. The molecule has 0 bridgehead atoms. The van der Waals surface area contributed by atoms with Gasteiger partial charge in [-0.1, -0.05) is 13.8 Å². The smallest absolute Gasteiger partial charge is 0.0828 e.